The molecule has 0 radical (unpaired) electrons. The van der Waals surface area contributed by atoms with E-state index in [9.17, 15) is 31.2 Å². The van der Waals surface area contributed by atoms with Crippen molar-refractivity contribution in [1.29, 1.82) is 0 Å². The van der Waals surface area contributed by atoms with Gasteiger partial charge in [-0.25, -0.2) is 13.2 Å². The van der Waals surface area contributed by atoms with Gasteiger partial charge in [-0.15, -0.1) is 0 Å². The third-order valence-corrected chi connectivity index (χ3v) is 8.49. The summed E-state index contributed by atoms with van der Waals surface area (Å²) in [5, 5.41) is 14.2. The molecular formula is C23H27F3N4O5S. The number of aliphatic imine (C=N–C) groups is 1. The molecule has 0 unspecified atom stereocenters. The molecule has 4 rings (SSSR count). The molecule has 1 saturated heterocycles. The highest BCUT2D eigenvalue weighted by Gasteiger charge is 2.48. The number of carbonyl (C=O) groups is 2. The lowest BCUT2D eigenvalue weighted by Crippen LogP contribution is -2.50. The molecule has 36 heavy (non-hydrogen) atoms. The summed E-state index contributed by atoms with van der Waals surface area (Å²) in [5.41, 5.74) is -2.89. The lowest BCUT2D eigenvalue weighted by atomic mass is 9.88. The Bertz CT molecular complexity index is 1200. The molecule has 1 aromatic rings. The Morgan fingerprint density at radius 1 is 1.19 bits per heavy atom. The molecule has 2 aliphatic heterocycles. The van der Waals surface area contributed by atoms with Gasteiger partial charge in [0.25, 0.3) is 5.91 Å². The van der Waals surface area contributed by atoms with Crippen molar-refractivity contribution >= 4 is 39.6 Å². The predicted molar refractivity (Wildman–Crippen MR) is 127 cm³/mol. The van der Waals surface area contributed by atoms with Gasteiger partial charge in [-0.2, -0.15) is 17.5 Å². The summed E-state index contributed by atoms with van der Waals surface area (Å²) in [6.45, 7) is 0.0181. The number of halogens is 3. The number of hydrogen-bond acceptors (Lipinski definition) is 5. The van der Waals surface area contributed by atoms with Gasteiger partial charge in [0.15, 0.2) is 0 Å². The van der Waals surface area contributed by atoms with Gasteiger partial charge < -0.3 is 10.4 Å². The minimum absolute atomic E-state index is 0.00906. The number of hydrogen-bond donors (Lipinski definition) is 3. The molecule has 2 heterocycles. The number of carbonyl (C=O) groups excluding carboxylic acids is 1. The van der Waals surface area contributed by atoms with Crippen LogP contribution in [0.5, 0.6) is 0 Å². The van der Waals surface area contributed by atoms with Crippen LogP contribution >= 0.6 is 0 Å². The van der Waals surface area contributed by atoms with Crippen LogP contribution in [0, 0.1) is 5.92 Å². The Balaban J connectivity index is 1.47. The number of rotatable bonds is 5. The van der Waals surface area contributed by atoms with E-state index in [1.54, 1.807) is 0 Å². The van der Waals surface area contributed by atoms with Gasteiger partial charge in [0.1, 0.15) is 11.4 Å². The van der Waals surface area contributed by atoms with Gasteiger partial charge in [0.2, 0.25) is 10.0 Å². The van der Waals surface area contributed by atoms with Crippen LogP contribution in [-0.2, 0) is 21.0 Å². The van der Waals surface area contributed by atoms with Crippen LogP contribution in [0.2, 0.25) is 0 Å². The van der Waals surface area contributed by atoms with Crippen molar-refractivity contribution in [3.8, 4) is 0 Å². The van der Waals surface area contributed by atoms with Crippen LogP contribution in [0.3, 0.4) is 0 Å². The summed E-state index contributed by atoms with van der Waals surface area (Å²) in [6, 6.07) is 2.71. The van der Waals surface area contributed by atoms with E-state index >= 15 is 0 Å². The fraction of sp³-hybridized carbons (Fsp3) is 0.522. The highest BCUT2D eigenvalue weighted by atomic mass is 32.2. The highest BCUT2D eigenvalue weighted by molar-refractivity contribution is 7.92. The zero-order chi connectivity index (χ0) is 26.1. The fourth-order valence-corrected chi connectivity index (χ4v) is 6.14. The summed E-state index contributed by atoms with van der Waals surface area (Å²) < 4.78 is 67.3. The highest BCUT2D eigenvalue weighted by Crippen LogP contribution is 2.36. The standard InChI is InChI=1S/C23H27F3N4O5S/c24-23(25,26)18-14-17(27-21(32)33)7-6-15(18)8-13-36(34,35)30-11-9-22(10-12-30)20(31)28-19(29-22)16-4-2-1-3-5-16/h6-8,13-14,16,27H,1-5,9-12H2,(H,32,33)(H,28,29,31)/b13-8+. The zero-order valence-electron chi connectivity index (χ0n) is 19.3. The third-order valence-electron chi connectivity index (χ3n) is 6.93. The normalized spacial score (nSPS) is 21.5. The van der Waals surface area contributed by atoms with Gasteiger partial charge in [0, 0.05) is 30.1 Å². The van der Waals surface area contributed by atoms with Crippen molar-refractivity contribution in [3.63, 3.8) is 0 Å². The van der Waals surface area contributed by atoms with Crippen LogP contribution in [0.15, 0.2) is 28.6 Å². The van der Waals surface area contributed by atoms with Crippen LogP contribution in [0.25, 0.3) is 6.08 Å². The van der Waals surface area contributed by atoms with Crippen molar-refractivity contribution in [2.45, 2.75) is 56.7 Å². The number of benzene rings is 1. The topological polar surface area (TPSA) is 128 Å². The molecule has 9 nitrogen and oxygen atoms in total. The summed E-state index contributed by atoms with van der Waals surface area (Å²) in [7, 11) is -4.08. The molecule has 1 saturated carbocycles. The second-order valence-corrected chi connectivity index (χ2v) is 11.1. The Morgan fingerprint density at radius 2 is 1.86 bits per heavy atom. The first kappa shape index (κ1) is 26.1. The van der Waals surface area contributed by atoms with E-state index in [4.69, 9.17) is 10.1 Å². The van der Waals surface area contributed by atoms with E-state index in [1.165, 1.54) is 0 Å². The molecule has 1 aliphatic carbocycles. The lowest BCUT2D eigenvalue weighted by Gasteiger charge is -2.34. The number of nitrogens with one attached hydrogen (secondary N) is 2. The lowest BCUT2D eigenvalue weighted by molar-refractivity contribution is -0.137. The molecule has 3 aliphatic rings. The second kappa shape index (κ2) is 9.85. The van der Waals surface area contributed by atoms with Crippen molar-refractivity contribution in [1.82, 2.24) is 9.62 Å². The molecule has 3 N–H and O–H groups in total. The first-order valence-corrected chi connectivity index (χ1v) is 13.2. The maximum atomic E-state index is 13.5. The summed E-state index contributed by atoms with van der Waals surface area (Å²) >= 11 is 0. The van der Waals surface area contributed by atoms with Gasteiger partial charge in [-0.1, -0.05) is 25.3 Å². The van der Waals surface area contributed by atoms with E-state index in [-0.39, 0.29) is 43.4 Å². The average Bonchev–Trinajstić information content (AvgIpc) is 3.13. The van der Waals surface area contributed by atoms with E-state index in [0.29, 0.717) is 17.3 Å². The number of anilines is 1. The van der Waals surface area contributed by atoms with Crippen LogP contribution in [-0.4, -0.2) is 54.3 Å². The van der Waals surface area contributed by atoms with Crippen LogP contribution < -0.4 is 10.6 Å². The van der Waals surface area contributed by atoms with Gasteiger partial charge in [-0.3, -0.25) is 15.1 Å². The van der Waals surface area contributed by atoms with Crippen LogP contribution in [0.4, 0.5) is 23.7 Å². The largest absolute Gasteiger partial charge is 0.465 e. The first-order chi connectivity index (χ1) is 16.9. The van der Waals surface area contributed by atoms with Crippen molar-refractivity contribution < 1.29 is 36.3 Å². The summed E-state index contributed by atoms with van der Waals surface area (Å²) in [6.07, 6.45) is 0.119. The maximum Gasteiger partial charge on any atom is 0.417 e. The molecule has 0 atom stereocenters. The molecule has 1 spiro atoms. The number of carboxylic acid groups (broad SMARTS) is 1. The first-order valence-electron chi connectivity index (χ1n) is 11.7. The van der Waals surface area contributed by atoms with Gasteiger partial charge in [0.05, 0.1) is 5.56 Å². The minimum Gasteiger partial charge on any atom is -0.465 e. The SMILES string of the molecule is O=C(O)Nc1ccc(/C=C/S(=O)(=O)N2CCC3(CC2)N=C(C2CCCCC2)NC3=O)c(C(F)(F)F)c1. The Hall–Kier alpha value is -2.93. The molecule has 0 bridgehead atoms. The van der Waals surface area contributed by atoms with E-state index in [2.05, 4.69) is 5.32 Å². The second-order valence-electron chi connectivity index (χ2n) is 9.29. The van der Waals surface area contributed by atoms with Gasteiger partial charge >= 0.3 is 12.3 Å². The summed E-state index contributed by atoms with van der Waals surface area (Å²) in [5.74, 6) is 0.684. The van der Waals surface area contributed by atoms with Crippen molar-refractivity contribution in [2.24, 2.45) is 10.9 Å². The summed E-state index contributed by atoms with van der Waals surface area (Å²) in [4.78, 5) is 28.2. The smallest absolute Gasteiger partial charge is 0.417 e. The Kier molecular flexibility index (Phi) is 7.15. The number of nitrogens with zero attached hydrogens (tertiary/aromatic N) is 2. The van der Waals surface area contributed by atoms with E-state index in [1.807, 2.05) is 5.32 Å². The number of amides is 2. The fourth-order valence-electron chi connectivity index (χ4n) is 4.95. The number of amidine groups is 1. The van der Waals surface area contributed by atoms with E-state index in [0.717, 1.165) is 54.6 Å². The molecule has 13 heteroatoms. The zero-order valence-corrected chi connectivity index (χ0v) is 20.2. The minimum atomic E-state index is -4.83. The van der Waals surface area contributed by atoms with Crippen molar-refractivity contribution in [2.75, 3.05) is 18.4 Å². The molecule has 196 valence electrons. The molecule has 2 fully saturated rings. The van der Waals surface area contributed by atoms with Crippen molar-refractivity contribution in [3.05, 3.63) is 34.7 Å². The predicted octanol–water partition coefficient (Wildman–Crippen LogP) is 4.04. The quantitative estimate of drug-likeness (QED) is 0.532. The molecule has 1 aromatic carbocycles. The third kappa shape index (κ3) is 5.56. The Morgan fingerprint density at radius 3 is 2.47 bits per heavy atom. The molecule has 2 amide bonds. The average molecular weight is 529 g/mol. The van der Waals surface area contributed by atoms with Crippen LogP contribution in [0.1, 0.15) is 56.1 Å². The molecule has 0 aromatic heterocycles. The molecular weight excluding hydrogens is 501 g/mol. The number of piperidine rings is 1. The maximum absolute atomic E-state index is 13.5. The Labute approximate surface area is 206 Å². The number of alkyl halides is 3. The van der Waals surface area contributed by atoms with E-state index < -0.39 is 39.0 Å². The van der Waals surface area contributed by atoms with Gasteiger partial charge in [-0.05, 0) is 49.5 Å². The number of sulfonamides is 1. The monoisotopic (exact) mass is 528 g/mol.